The maximum atomic E-state index is 11.8. The number of aliphatic carboxylic acids is 1. The van der Waals surface area contributed by atoms with Gasteiger partial charge in [-0.1, -0.05) is 0 Å². The molecule has 15 heavy (non-hydrogen) atoms. The van der Waals surface area contributed by atoms with Gasteiger partial charge in [-0.05, 0) is 38.0 Å². The zero-order chi connectivity index (χ0) is 11.1. The van der Waals surface area contributed by atoms with E-state index < -0.39 is 17.3 Å². The topological polar surface area (TPSA) is 63.6 Å². The first-order valence-corrected chi connectivity index (χ1v) is 5.41. The summed E-state index contributed by atoms with van der Waals surface area (Å²) in [7, 11) is 1.34. The Morgan fingerprint density at radius 2 is 1.93 bits per heavy atom. The van der Waals surface area contributed by atoms with Crippen LogP contribution in [0.25, 0.3) is 0 Å². The van der Waals surface area contributed by atoms with Crippen LogP contribution in [0.3, 0.4) is 0 Å². The second-order valence-electron chi connectivity index (χ2n) is 4.72. The molecule has 2 bridgehead atoms. The van der Waals surface area contributed by atoms with Crippen LogP contribution in [0.5, 0.6) is 0 Å². The van der Waals surface area contributed by atoms with E-state index in [1.165, 1.54) is 7.11 Å². The van der Waals surface area contributed by atoms with Gasteiger partial charge in [0, 0.05) is 0 Å². The number of carbonyl (C=O) groups excluding carboxylic acids is 1. The average molecular weight is 212 g/mol. The standard InChI is InChI=1S/C11H16O4/c1-15-10(14)11-4-2-7(3-5-11)6-8(11)9(12)13/h7-8H,2-6H2,1H3,(H,12,13). The van der Waals surface area contributed by atoms with Crippen molar-refractivity contribution >= 4 is 11.9 Å². The van der Waals surface area contributed by atoms with Crippen LogP contribution in [0.2, 0.25) is 0 Å². The van der Waals surface area contributed by atoms with Gasteiger partial charge in [-0.25, -0.2) is 0 Å². The third-order valence-corrected chi connectivity index (χ3v) is 4.12. The lowest BCUT2D eigenvalue weighted by molar-refractivity contribution is -0.175. The van der Waals surface area contributed by atoms with E-state index in [1.807, 2.05) is 0 Å². The molecule has 3 aliphatic carbocycles. The molecule has 0 heterocycles. The van der Waals surface area contributed by atoms with Gasteiger partial charge >= 0.3 is 11.9 Å². The van der Waals surface area contributed by atoms with Crippen molar-refractivity contribution < 1.29 is 19.4 Å². The lowest BCUT2D eigenvalue weighted by Crippen LogP contribution is -2.51. The summed E-state index contributed by atoms with van der Waals surface area (Å²) in [5.74, 6) is -1.20. The SMILES string of the molecule is COC(=O)C12CCC(CC1)CC2C(=O)O. The van der Waals surface area contributed by atoms with Crippen molar-refractivity contribution in [3.8, 4) is 0 Å². The van der Waals surface area contributed by atoms with E-state index in [2.05, 4.69) is 0 Å². The molecule has 0 aromatic heterocycles. The second-order valence-corrected chi connectivity index (χ2v) is 4.72. The Morgan fingerprint density at radius 3 is 2.40 bits per heavy atom. The van der Waals surface area contributed by atoms with Gasteiger partial charge in [-0.15, -0.1) is 0 Å². The molecular formula is C11H16O4. The molecule has 3 rings (SSSR count). The number of rotatable bonds is 2. The molecule has 1 atom stereocenters. The first kappa shape index (κ1) is 10.5. The quantitative estimate of drug-likeness (QED) is 0.703. The summed E-state index contributed by atoms with van der Waals surface area (Å²) in [4.78, 5) is 22.9. The molecular weight excluding hydrogens is 196 g/mol. The van der Waals surface area contributed by atoms with Crippen molar-refractivity contribution in [1.29, 1.82) is 0 Å². The monoisotopic (exact) mass is 212 g/mol. The van der Waals surface area contributed by atoms with Gasteiger partial charge in [0.15, 0.2) is 0 Å². The van der Waals surface area contributed by atoms with Crippen molar-refractivity contribution in [2.45, 2.75) is 32.1 Å². The van der Waals surface area contributed by atoms with Gasteiger partial charge in [-0.2, -0.15) is 0 Å². The number of esters is 1. The maximum absolute atomic E-state index is 11.8. The number of carbonyl (C=O) groups is 2. The Kier molecular flexibility index (Phi) is 2.44. The summed E-state index contributed by atoms with van der Waals surface area (Å²) in [6, 6.07) is 0. The van der Waals surface area contributed by atoms with E-state index in [0.29, 0.717) is 25.2 Å². The number of carboxylic acids is 1. The Hall–Kier alpha value is -1.06. The number of fused-ring (bicyclic) bond motifs is 3. The molecule has 0 aromatic carbocycles. The minimum absolute atomic E-state index is 0.326. The Bertz CT molecular complexity index is 289. The zero-order valence-corrected chi connectivity index (χ0v) is 8.86. The minimum atomic E-state index is -0.843. The van der Waals surface area contributed by atoms with Crippen molar-refractivity contribution in [3.05, 3.63) is 0 Å². The van der Waals surface area contributed by atoms with Crippen LogP contribution in [0.1, 0.15) is 32.1 Å². The largest absolute Gasteiger partial charge is 0.481 e. The number of ether oxygens (including phenoxy) is 1. The molecule has 3 saturated carbocycles. The average Bonchev–Trinajstić information content (AvgIpc) is 2.29. The lowest BCUT2D eigenvalue weighted by atomic mass is 9.55. The maximum Gasteiger partial charge on any atom is 0.312 e. The molecule has 0 amide bonds. The summed E-state index contributed by atoms with van der Waals surface area (Å²) in [6.07, 6.45) is 3.95. The van der Waals surface area contributed by atoms with E-state index in [0.717, 1.165) is 12.8 Å². The van der Waals surface area contributed by atoms with E-state index >= 15 is 0 Å². The Morgan fingerprint density at radius 1 is 1.33 bits per heavy atom. The fourth-order valence-electron chi connectivity index (χ4n) is 3.22. The van der Waals surface area contributed by atoms with Gasteiger partial charge in [0.1, 0.15) is 0 Å². The molecule has 0 saturated heterocycles. The molecule has 4 nitrogen and oxygen atoms in total. The number of carboxylic acid groups (broad SMARTS) is 1. The van der Waals surface area contributed by atoms with Crippen molar-refractivity contribution in [3.63, 3.8) is 0 Å². The molecule has 0 spiro atoms. The fourth-order valence-corrected chi connectivity index (χ4v) is 3.22. The van der Waals surface area contributed by atoms with Crippen molar-refractivity contribution in [2.24, 2.45) is 17.3 Å². The molecule has 84 valence electrons. The fraction of sp³-hybridized carbons (Fsp3) is 0.818. The van der Waals surface area contributed by atoms with Crippen molar-refractivity contribution in [2.75, 3.05) is 7.11 Å². The molecule has 4 heteroatoms. The minimum Gasteiger partial charge on any atom is -0.481 e. The van der Waals surface area contributed by atoms with E-state index in [4.69, 9.17) is 9.84 Å². The third-order valence-electron chi connectivity index (χ3n) is 4.12. The molecule has 0 aliphatic heterocycles. The summed E-state index contributed by atoms with van der Waals surface area (Å²) < 4.78 is 4.79. The van der Waals surface area contributed by atoms with Gasteiger partial charge in [0.25, 0.3) is 0 Å². The highest BCUT2D eigenvalue weighted by Crippen LogP contribution is 2.54. The first-order valence-electron chi connectivity index (χ1n) is 5.41. The summed E-state index contributed by atoms with van der Waals surface area (Å²) >= 11 is 0. The van der Waals surface area contributed by atoms with Crippen LogP contribution in [-0.2, 0) is 14.3 Å². The van der Waals surface area contributed by atoms with Crippen LogP contribution < -0.4 is 0 Å². The van der Waals surface area contributed by atoms with Gasteiger partial charge in [-0.3, -0.25) is 9.59 Å². The molecule has 0 aromatic rings. The second kappa shape index (κ2) is 3.51. The van der Waals surface area contributed by atoms with Gasteiger partial charge < -0.3 is 9.84 Å². The summed E-state index contributed by atoms with van der Waals surface area (Å²) in [5, 5.41) is 9.16. The normalized spacial score (nSPS) is 38.7. The molecule has 3 fully saturated rings. The predicted molar refractivity (Wildman–Crippen MR) is 52.1 cm³/mol. The van der Waals surface area contributed by atoms with Crippen LogP contribution >= 0.6 is 0 Å². The van der Waals surface area contributed by atoms with Crippen LogP contribution in [0, 0.1) is 17.3 Å². The van der Waals surface area contributed by atoms with Gasteiger partial charge in [0.05, 0.1) is 18.4 Å². The first-order chi connectivity index (χ1) is 7.10. The van der Waals surface area contributed by atoms with Crippen LogP contribution in [0.15, 0.2) is 0 Å². The Balaban J connectivity index is 2.31. The number of hydrogen-bond acceptors (Lipinski definition) is 3. The van der Waals surface area contributed by atoms with E-state index in [9.17, 15) is 9.59 Å². The molecule has 1 N–H and O–H groups in total. The number of methoxy groups -OCH3 is 1. The molecule has 1 unspecified atom stereocenters. The Labute approximate surface area is 88.6 Å². The molecule has 3 aliphatic rings. The van der Waals surface area contributed by atoms with E-state index in [1.54, 1.807) is 0 Å². The summed E-state index contributed by atoms with van der Waals surface area (Å²) in [6.45, 7) is 0. The predicted octanol–water partition coefficient (Wildman–Crippen LogP) is 1.44. The van der Waals surface area contributed by atoms with Crippen LogP contribution in [-0.4, -0.2) is 24.2 Å². The van der Waals surface area contributed by atoms with E-state index in [-0.39, 0.29) is 5.97 Å². The summed E-state index contributed by atoms with van der Waals surface area (Å²) in [5.41, 5.74) is -0.727. The van der Waals surface area contributed by atoms with Gasteiger partial charge in [0.2, 0.25) is 0 Å². The number of hydrogen-bond donors (Lipinski definition) is 1. The lowest BCUT2D eigenvalue weighted by Gasteiger charge is -2.48. The third kappa shape index (κ3) is 1.43. The highest BCUT2D eigenvalue weighted by atomic mass is 16.5. The zero-order valence-electron chi connectivity index (χ0n) is 8.86. The van der Waals surface area contributed by atoms with Crippen LogP contribution in [0.4, 0.5) is 0 Å². The molecule has 0 radical (unpaired) electrons. The van der Waals surface area contributed by atoms with Crippen molar-refractivity contribution in [1.82, 2.24) is 0 Å². The highest BCUT2D eigenvalue weighted by Gasteiger charge is 2.56. The highest BCUT2D eigenvalue weighted by molar-refractivity contribution is 5.85. The smallest absolute Gasteiger partial charge is 0.312 e.